The molecule has 2 rings (SSSR count). The molecule has 0 aromatic heterocycles. The number of carbonyl (C=O) groups excluding carboxylic acids is 1. The van der Waals surface area contributed by atoms with Gasteiger partial charge >= 0.3 is 12.0 Å². The lowest BCUT2D eigenvalue weighted by atomic mass is 10.0. The van der Waals surface area contributed by atoms with Crippen LogP contribution < -0.4 is 4.90 Å². The maximum atomic E-state index is 12.4. The molecule has 1 aromatic rings. The molecule has 2 unspecified atom stereocenters. The smallest absolute Gasteiger partial charge is 0.324 e. The second kappa shape index (κ2) is 5.40. The number of hydrogen-bond donors (Lipinski definition) is 2. The van der Waals surface area contributed by atoms with Crippen molar-refractivity contribution in [1.82, 2.24) is 4.90 Å². The summed E-state index contributed by atoms with van der Waals surface area (Å²) in [6.07, 6.45) is 0.468. The molecule has 20 heavy (non-hydrogen) atoms. The summed E-state index contributed by atoms with van der Waals surface area (Å²) in [6, 6.07) is 5.80. The van der Waals surface area contributed by atoms with E-state index in [0.717, 1.165) is 0 Å². The highest BCUT2D eigenvalue weighted by molar-refractivity contribution is 5.92. The number of carboxylic acids is 1. The first-order chi connectivity index (χ1) is 9.41. The molecule has 1 aliphatic heterocycles. The molecule has 6 nitrogen and oxygen atoms in total. The van der Waals surface area contributed by atoms with Gasteiger partial charge in [-0.05, 0) is 25.5 Å². The van der Waals surface area contributed by atoms with E-state index >= 15 is 0 Å². The van der Waals surface area contributed by atoms with Crippen LogP contribution in [0.1, 0.15) is 13.3 Å². The van der Waals surface area contributed by atoms with Crippen LogP contribution in [0.3, 0.4) is 0 Å². The number of carbonyl (C=O) groups is 2. The number of aromatic hydroxyl groups is 1. The molecule has 1 heterocycles. The van der Waals surface area contributed by atoms with Crippen LogP contribution in [0.2, 0.25) is 0 Å². The van der Waals surface area contributed by atoms with Crippen molar-refractivity contribution in [2.75, 3.05) is 18.5 Å². The molecule has 1 aromatic carbocycles. The second-order valence-electron chi connectivity index (χ2n) is 5.03. The van der Waals surface area contributed by atoms with Crippen molar-refractivity contribution in [2.24, 2.45) is 5.92 Å². The fraction of sp³-hybridized carbons (Fsp3) is 0.429. The Morgan fingerprint density at radius 2 is 2.10 bits per heavy atom. The highest BCUT2D eigenvalue weighted by Gasteiger charge is 2.39. The van der Waals surface area contributed by atoms with Crippen molar-refractivity contribution in [1.29, 1.82) is 0 Å². The van der Waals surface area contributed by atoms with E-state index in [0.29, 0.717) is 18.7 Å². The molecular weight excluding hydrogens is 260 g/mol. The van der Waals surface area contributed by atoms with Crippen LogP contribution in [-0.4, -0.2) is 46.7 Å². The Hall–Kier alpha value is -2.24. The summed E-state index contributed by atoms with van der Waals surface area (Å²) >= 11 is 0. The summed E-state index contributed by atoms with van der Waals surface area (Å²) in [6.45, 7) is 2.18. The third kappa shape index (κ3) is 2.54. The number of nitrogens with zero attached hydrogens (tertiary/aromatic N) is 2. The van der Waals surface area contributed by atoms with E-state index in [4.69, 9.17) is 5.11 Å². The van der Waals surface area contributed by atoms with Crippen LogP contribution in [-0.2, 0) is 4.79 Å². The van der Waals surface area contributed by atoms with E-state index < -0.39 is 11.9 Å². The molecule has 2 N–H and O–H groups in total. The van der Waals surface area contributed by atoms with Crippen molar-refractivity contribution >= 4 is 17.7 Å². The van der Waals surface area contributed by atoms with Crippen molar-refractivity contribution in [3.8, 4) is 5.75 Å². The van der Waals surface area contributed by atoms with Gasteiger partial charge in [0.15, 0.2) is 0 Å². The third-order valence-electron chi connectivity index (χ3n) is 3.82. The number of aliphatic carboxylic acids is 1. The van der Waals surface area contributed by atoms with Gasteiger partial charge in [0.05, 0.1) is 5.92 Å². The molecule has 2 atom stereocenters. The number of anilines is 1. The molecule has 1 aliphatic rings. The molecule has 108 valence electrons. The highest BCUT2D eigenvalue weighted by atomic mass is 16.4. The van der Waals surface area contributed by atoms with Crippen LogP contribution in [0.5, 0.6) is 5.75 Å². The summed E-state index contributed by atoms with van der Waals surface area (Å²) in [4.78, 5) is 26.5. The lowest BCUT2D eigenvalue weighted by Gasteiger charge is -2.28. The molecule has 6 heteroatoms. The Morgan fingerprint density at radius 1 is 1.40 bits per heavy atom. The summed E-state index contributed by atoms with van der Waals surface area (Å²) in [5.41, 5.74) is 0.570. The van der Waals surface area contributed by atoms with Crippen LogP contribution >= 0.6 is 0 Å². The standard InChI is InChI=1S/C14H18N2O4/c1-9-12(13(18)19)6-7-16(9)14(20)15(2)10-4-3-5-11(17)8-10/h3-5,8-9,12,17H,6-7H2,1-2H3,(H,18,19). The monoisotopic (exact) mass is 278 g/mol. The SMILES string of the molecule is CC1C(C(=O)O)CCN1C(=O)N(C)c1cccc(O)c1. The van der Waals surface area contributed by atoms with E-state index in [1.54, 1.807) is 31.0 Å². The van der Waals surface area contributed by atoms with Gasteiger partial charge in [0.25, 0.3) is 0 Å². The minimum absolute atomic E-state index is 0.0834. The van der Waals surface area contributed by atoms with Gasteiger partial charge in [0.1, 0.15) is 5.75 Å². The van der Waals surface area contributed by atoms with Gasteiger partial charge in [-0.15, -0.1) is 0 Å². The van der Waals surface area contributed by atoms with E-state index in [1.165, 1.54) is 17.0 Å². The Bertz CT molecular complexity index is 532. The highest BCUT2D eigenvalue weighted by Crippen LogP contribution is 2.27. The zero-order valence-electron chi connectivity index (χ0n) is 11.5. The average molecular weight is 278 g/mol. The molecule has 1 fully saturated rings. The van der Waals surface area contributed by atoms with Crippen LogP contribution in [0.15, 0.2) is 24.3 Å². The fourth-order valence-electron chi connectivity index (χ4n) is 2.54. The minimum atomic E-state index is -0.868. The van der Waals surface area contributed by atoms with E-state index in [-0.39, 0.29) is 17.8 Å². The number of carboxylic acid groups (broad SMARTS) is 1. The number of amides is 2. The summed E-state index contributed by atoms with van der Waals surface area (Å²) in [7, 11) is 1.61. The molecule has 2 amide bonds. The zero-order chi connectivity index (χ0) is 14.9. The first-order valence-electron chi connectivity index (χ1n) is 6.48. The van der Waals surface area contributed by atoms with Crippen LogP contribution in [0, 0.1) is 5.92 Å². The largest absolute Gasteiger partial charge is 0.508 e. The molecule has 1 saturated heterocycles. The number of phenolic OH excluding ortho intramolecular Hbond substituents is 1. The van der Waals surface area contributed by atoms with Gasteiger partial charge in [-0.2, -0.15) is 0 Å². The number of rotatable bonds is 2. The fourth-order valence-corrected chi connectivity index (χ4v) is 2.54. The predicted molar refractivity (Wildman–Crippen MR) is 73.8 cm³/mol. The third-order valence-corrected chi connectivity index (χ3v) is 3.82. The predicted octanol–water partition coefficient (Wildman–Crippen LogP) is 1.74. The first kappa shape index (κ1) is 14.2. The summed E-state index contributed by atoms with van der Waals surface area (Å²) in [5.74, 6) is -1.30. The first-order valence-corrected chi connectivity index (χ1v) is 6.48. The van der Waals surface area contributed by atoms with Crippen molar-refractivity contribution < 1.29 is 19.8 Å². The molecular formula is C14H18N2O4. The normalized spacial score (nSPS) is 21.8. The Balaban J connectivity index is 2.14. The van der Waals surface area contributed by atoms with Crippen molar-refractivity contribution in [3.05, 3.63) is 24.3 Å². The van der Waals surface area contributed by atoms with Crippen LogP contribution in [0.25, 0.3) is 0 Å². The number of phenols is 1. The molecule has 0 spiro atoms. The number of hydrogen-bond acceptors (Lipinski definition) is 3. The van der Waals surface area contributed by atoms with Crippen molar-refractivity contribution in [2.45, 2.75) is 19.4 Å². The van der Waals surface area contributed by atoms with Crippen molar-refractivity contribution in [3.63, 3.8) is 0 Å². The van der Waals surface area contributed by atoms with Gasteiger partial charge in [0.2, 0.25) is 0 Å². The lowest BCUT2D eigenvalue weighted by molar-refractivity contribution is -0.142. The topological polar surface area (TPSA) is 81.1 Å². The second-order valence-corrected chi connectivity index (χ2v) is 5.03. The maximum absolute atomic E-state index is 12.4. The molecule has 0 saturated carbocycles. The Morgan fingerprint density at radius 3 is 2.65 bits per heavy atom. The average Bonchev–Trinajstić information content (AvgIpc) is 2.79. The number of likely N-dealkylation sites (tertiary alicyclic amines) is 1. The van der Waals surface area contributed by atoms with E-state index in [1.807, 2.05) is 0 Å². The minimum Gasteiger partial charge on any atom is -0.508 e. The van der Waals surface area contributed by atoms with E-state index in [9.17, 15) is 14.7 Å². The summed E-state index contributed by atoms with van der Waals surface area (Å²) < 4.78 is 0. The van der Waals surface area contributed by atoms with Gasteiger partial charge in [-0.3, -0.25) is 9.69 Å². The van der Waals surface area contributed by atoms with Crippen LogP contribution in [0.4, 0.5) is 10.5 Å². The molecule has 0 bridgehead atoms. The number of benzene rings is 1. The Kier molecular flexibility index (Phi) is 3.83. The van der Waals surface area contributed by atoms with Gasteiger partial charge in [-0.25, -0.2) is 4.79 Å². The molecule has 0 radical (unpaired) electrons. The maximum Gasteiger partial charge on any atom is 0.324 e. The Labute approximate surface area is 117 Å². The molecule has 0 aliphatic carbocycles. The zero-order valence-corrected chi connectivity index (χ0v) is 11.5. The lowest BCUT2D eigenvalue weighted by Crippen LogP contribution is -2.44. The number of urea groups is 1. The van der Waals surface area contributed by atoms with E-state index in [2.05, 4.69) is 0 Å². The van der Waals surface area contributed by atoms with Gasteiger partial charge in [-0.1, -0.05) is 6.07 Å². The van der Waals surface area contributed by atoms with Gasteiger partial charge < -0.3 is 15.1 Å². The summed E-state index contributed by atoms with van der Waals surface area (Å²) in [5, 5.41) is 18.5. The van der Waals surface area contributed by atoms with Gasteiger partial charge in [0, 0.05) is 31.4 Å². The quantitative estimate of drug-likeness (QED) is 0.863.